The van der Waals surface area contributed by atoms with Gasteiger partial charge in [0.2, 0.25) is 11.8 Å². The molecule has 0 spiro atoms. The first-order valence-corrected chi connectivity index (χ1v) is 11.6. The molecule has 7 bridgehead atoms. The van der Waals surface area contributed by atoms with E-state index in [0.717, 1.165) is 57.3 Å². The van der Waals surface area contributed by atoms with Gasteiger partial charge in [0.15, 0.2) is 0 Å². The van der Waals surface area contributed by atoms with Crippen LogP contribution in [0.15, 0.2) is 55.1 Å². The molecule has 0 amide bonds. The van der Waals surface area contributed by atoms with Crippen molar-refractivity contribution in [2.45, 2.75) is 31.7 Å². The van der Waals surface area contributed by atoms with Crippen LogP contribution in [0.5, 0.6) is 17.4 Å². The third-order valence-electron chi connectivity index (χ3n) is 6.49. The second-order valence-corrected chi connectivity index (χ2v) is 8.88. The normalized spacial score (nSPS) is 18.8. The summed E-state index contributed by atoms with van der Waals surface area (Å²) in [6, 6.07) is 10.2. The Morgan fingerprint density at radius 1 is 0.971 bits per heavy atom. The molecule has 8 rings (SSSR count). The Morgan fingerprint density at radius 2 is 1.83 bits per heavy atom. The van der Waals surface area contributed by atoms with Gasteiger partial charge in [0.25, 0.3) is 0 Å². The summed E-state index contributed by atoms with van der Waals surface area (Å²) in [5.74, 6) is 2.44. The minimum atomic E-state index is 0.0963. The van der Waals surface area contributed by atoms with E-state index in [4.69, 9.17) is 14.2 Å². The average molecular weight is 467 g/mol. The Bertz CT molecular complexity index is 1580. The number of pyridine rings is 2. The Morgan fingerprint density at radius 3 is 2.69 bits per heavy atom. The maximum absolute atomic E-state index is 6.24. The van der Waals surface area contributed by atoms with Crippen molar-refractivity contribution in [2.75, 3.05) is 12.4 Å². The van der Waals surface area contributed by atoms with Gasteiger partial charge in [-0.05, 0) is 29.8 Å². The standard InChI is InChI=1S/C26H22N6O3/c1-27-26-31-24-23-21(12-30-24)15-2-3-22-16(5-15)6-20(11-29-22)35-18-7-17(8-18)34-19-4-14(9-28-10-19)13-33-25(23)32-26/h2-6,9-12,17-18H,7-8,13H2,1H3,(H2,27,30,31,32)/t17-,18-. The lowest BCUT2D eigenvalue weighted by Crippen LogP contribution is -2.41. The van der Waals surface area contributed by atoms with Crippen molar-refractivity contribution in [1.29, 1.82) is 0 Å². The van der Waals surface area contributed by atoms with Crippen LogP contribution in [-0.2, 0) is 6.61 Å². The lowest BCUT2D eigenvalue weighted by molar-refractivity contribution is 0.00421. The minimum absolute atomic E-state index is 0.0963. The van der Waals surface area contributed by atoms with Crippen molar-refractivity contribution in [2.24, 2.45) is 0 Å². The van der Waals surface area contributed by atoms with Crippen molar-refractivity contribution in [3.63, 3.8) is 0 Å². The summed E-state index contributed by atoms with van der Waals surface area (Å²) >= 11 is 0. The minimum Gasteiger partial charge on any atom is -0.489 e. The number of benzene rings is 1. The number of nitrogens with one attached hydrogen (secondary N) is 2. The quantitative estimate of drug-likeness (QED) is 0.372. The molecule has 174 valence electrons. The lowest BCUT2D eigenvalue weighted by atomic mass is 9.92. The maximum atomic E-state index is 6.24. The van der Waals surface area contributed by atoms with Crippen molar-refractivity contribution in [3.05, 3.63) is 60.7 Å². The zero-order chi connectivity index (χ0) is 23.4. The molecule has 0 atom stereocenters. The van der Waals surface area contributed by atoms with Gasteiger partial charge in [-0.2, -0.15) is 9.97 Å². The molecular formula is C26H22N6O3. The number of hydrogen-bond acceptors (Lipinski definition) is 8. The first-order chi connectivity index (χ1) is 17.2. The molecule has 2 aliphatic heterocycles. The number of anilines is 1. The topological polar surface area (TPSA) is 107 Å². The summed E-state index contributed by atoms with van der Waals surface area (Å²) in [4.78, 5) is 21.4. The van der Waals surface area contributed by atoms with Crippen LogP contribution in [0.25, 0.3) is 33.1 Å². The monoisotopic (exact) mass is 466 g/mol. The van der Waals surface area contributed by atoms with Gasteiger partial charge in [-0.25, -0.2) is 0 Å². The molecule has 0 unspecified atom stereocenters. The fourth-order valence-corrected chi connectivity index (χ4v) is 4.64. The highest BCUT2D eigenvalue weighted by Gasteiger charge is 2.33. The van der Waals surface area contributed by atoms with Gasteiger partial charge >= 0.3 is 0 Å². The molecule has 9 heteroatoms. The Kier molecular flexibility index (Phi) is 4.48. The van der Waals surface area contributed by atoms with Crippen LogP contribution in [-0.4, -0.2) is 44.2 Å². The summed E-state index contributed by atoms with van der Waals surface area (Å²) in [6.07, 6.45) is 9.06. The third-order valence-corrected chi connectivity index (χ3v) is 6.49. The molecular weight excluding hydrogens is 444 g/mol. The Hall–Kier alpha value is -4.40. The highest BCUT2D eigenvalue weighted by atomic mass is 16.5. The van der Waals surface area contributed by atoms with Gasteiger partial charge in [-0.3, -0.25) is 9.97 Å². The van der Waals surface area contributed by atoms with Gasteiger partial charge in [0, 0.05) is 48.8 Å². The summed E-state index contributed by atoms with van der Waals surface area (Å²) in [5, 5.41) is 4.82. The van der Waals surface area contributed by atoms with Crippen molar-refractivity contribution in [1.82, 2.24) is 24.9 Å². The van der Waals surface area contributed by atoms with Crippen molar-refractivity contribution < 1.29 is 14.2 Å². The number of aromatic amines is 1. The molecule has 0 radical (unpaired) electrons. The molecule has 3 aliphatic rings. The smallest absolute Gasteiger partial charge is 0.228 e. The van der Waals surface area contributed by atoms with Crippen molar-refractivity contribution in [3.8, 4) is 28.5 Å². The van der Waals surface area contributed by atoms with E-state index in [1.54, 1.807) is 25.6 Å². The molecule has 4 aromatic heterocycles. The number of hydrogen-bond donors (Lipinski definition) is 2. The van der Waals surface area contributed by atoms with Crippen LogP contribution >= 0.6 is 0 Å². The van der Waals surface area contributed by atoms with E-state index >= 15 is 0 Å². The molecule has 0 saturated heterocycles. The Labute approximate surface area is 200 Å². The lowest BCUT2D eigenvalue weighted by Gasteiger charge is -2.35. The molecule has 1 aromatic carbocycles. The first kappa shape index (κ1) is 20.0. The fraction of sp³-hybridized carbons (Fsp3) is 0.231. The van der Waals surface area contributed by atoms with Crippen LogP contribution in [0.2, 0.25) is 0 Å². The van der Waals surface area contributed by atoms with E-state index in [1.165, 1.54) is 0 Å². The average Bonchev–Trinajstić information content (AvgIpc) is 3.29. The second-order valence-electron chi connectivity index (χ2n) is 8.88. The van der Waals surface area contributed by atoms with Gasteiger partial charge in [0.1, 0.15) is 36.0 Å². The highest BCUT2D eigenvalue weighted by Crippen LogP contribution is 2.37. The molecule has 35 heavy (non-hydrogen) atoms. The summed E-state index contributed by atoms with van der Waals surface area (Å²) in [7, 11) is 1.78. The number of aromatic nitrogens is 5. The Balaban J connectivity index is 1.39. The molecule has 9 nitrogen and oxygen atoms in total. The number of fused-ring (bicyclic) bond motifs is 1. The fourth-order valence-electron chi connectivity index (χ4n) is 4.64. The van der Waals surface area contributed by atoms with E-state index in [2.05, 4.69) is 36.3 Å². The van der Waals surface area contributed by atoms with Crippen LogP contribution in [0.3, 0.4) is 0 Å². The summed E-state index contributed by atoms with van der Waals surface area (Å²) in [5.41, 5.74) is 4.45. The third kappa shape index (κ3) is 3.56. The van der Waals surface area contributed by atoms with Gasteiger partial charge < -0.3 is 24.5 Å². The number of H-pyrrole nitrogens is 1. The molecule has 1 saturated carbocycles. The SMILES string of the molecule is CNc1nc2c3c(c[nH]c3n1)-c1ccc3ncc(cc3c1)O[C@H]1C[C@@H](C1)Oc1cncc(c1)CO2. The van der Waals surface area contributed by atoms with E-state index in [0.29, 0.717) is 24.1 Å². The molecule has 6 heterocycles. The van der Waals surface area contributed by atoms with Gasteiger partial charge in [0.05, 0.1) is 23.3 Å². The zero-order valence-corrected chi connectivity index (χ0v) is 19.0. The zero-order valence-electron chi connectivity index (χ0n) is 19.0. The first-order valence-electron chi connectivity index (χ1n) is 11.6. The van der Waals surface area contributed by atoms with E-state index in [-0.39, 0.29) is 12.2 Å². The van der Waals surface area contributed by atoms with E-state index < -0.39 is 0 Å². The number of nitrogens with zero attached hydrogens (tertiary/aromatic N) is 4. The molecule has 1 fully saturated rings. The highest BCUT2D eigenvalue weighted by molar-refractivity contribution is 5.99. The van der Waals surface area contributed by atoms with Crippen LogP contribution in [0.4, 0.5) is 5.95 Å². The van der Waals surface area contributed by atoms with E-state index in [1.807, 2.05) is 30.5 Å². The van der Waals surface area contributed by atoms with Crippen LogP contribution in [0, 0.1) is 0 Å². The van der Waals surface area contributed by atoms with Crippen molar-refractivity contribution >= 4 is 27.9 Å². The van der Waals surface area contributed by atoms with Crippen LogP contribution in [0.1, 0.15) is 18.4 Å². The van der Waals surface area contributed by atoms with Gasteiger partial charge in [-0.15, -0.1) is 0 Å². The second kappa shape index (κ2) is 7.83. The predicted octanol–water partition coefficient (Wildman–Crippen LogP) is 4.49. The number of ether oxygens (including phenoxy) is 3. The van der Waals surface area contributed by atoms with Crippen LogP contribution < -0.4 is 19.5 Å². The summed E-state index contributed by atoms with van der Waals surface area (Å²) < 4.78 is 18.6. The van der Waals surface area contributed by atoms with E-state index in [9.17, 15) is 0 Å². The summed E-state index contributed by atoms with van der Waals surface area (Å²) in [6.45, 7) is 0.297. The molecule has 2 N–H and O–H groups in total. The van der Waals surface area contributed by atoms with Gasteiger partial charge in [-0.1, -0.05) is 6.07 Å². The maximum Gasteiger partial charge on any atom is 0.228 e. The largest absolute Gasteiger partial charge is 0.489 e. The predicted molar refractivity (Wildman–Crippen MR) is 131 cm³/mol. The number of rotatable bonds is 1. The molecule has 5 aromatic rings. The molecule has 1 aliphatic carbocycles.